The van der Waals surface area contributed by atoms with Crippen LogP contribution in [0.25, 0.3) is 11.0 Å². The molecule has 24 heavy (non-hydrogen) atoms. The number of aryl methyl sites for hydroxylation is 3. The normalized spacial score (nSPS) is 11.0. The highest BCUT2D eigenvalue weighted by Crippen LogP contribution is 2.21. The van der Waals surface area contributed by atoms with Gasteiger partial charge >= 0.3 is 5.63 Å². The number of hydrogen-bond donors (Lipinski definition) is 1. The zero-order valence-corrected chi connectivity index (χ0v) is 13.9. The Bertz CT molecular complexity index is 969. The number of rotatable bonds is 4. The molecule has 0 spiro atoms. The number of aromatic nitrogens is 2. The van der Waals surface area contributed by atoms with Crippen molar-refractivity contribution in [2.45, 2.75) is 26.7 Å². The molecule has 1 N–H and O–H groups in total. The van der Waals surface area contributed by atoms with Crippen molar-refractivity contribution >= 4 is 22.6 Å². The summed E-state index contributed by atoms with van der Waals surface area (Å²) in [4.78, 5) is 24.0. The molecule has 0 aliphatic heterocycles. The summed E-state index contributed by atoms with van der Waals surface area (Å²) in [6.45, 7) is 3.92. The Labute approximate surface area is 139 Å². The summed E-state index contributed by atoms with van der Waals surface area (Å²) >= 11 is 0. The average Bonchev–Trinajstić information content (AvgIpc) is 2.88. The predicted molar refractivity (Wildman–Crippen MR) is 92.4 cm³/mol. The first-order chi connectivity index (χ1) is 11.5. The number of carbonyl (C=O) groups is 1. The van der Waals surface area contributed by atoms with E-state index < -0.39 is 5.63 Å². The number of benzene rings is 1. The molecule has 0 unspecified atom stereocenters. The minimum Gasteiger partial charge on any atom is -0.423 e. The van der Waals surface area contributed by atoms with Crippen LogP contribution in [-0.2, 0) is 13.5 Å². The lowest BCUT2D eigenvalue weighted by Crippen LogP contribution is -2.16. The first-order valence-electron chi connectivity index (χ1n) is 7.86. The smallest absolute Gasteiger partial charge is 0.336 e. The highest BCUT2D eigenvalue weighted by Gasteiger charge is 2.14. The molecule has 1 aromatic carbocycles. The standard InChI is InChI=1S/C18H19N3O3/c1-4-5-13-9-15(21(3)20-13)18(23)19-12-6-7-14-11(2)8-17(22)24-16(14)10-12/h6-10H,4-5H2,1-3H3,(H,19,23). The molecule has 0 atom stereocenters. The van der Waals surface area contributed by atoms with E-state index in [2.05, 4.69) is 17.3 Å². The van der Waals surface area contributed by atoms with Crippen molar-refractivity contribution in [1.29, 1.82) is 0 Å². The number of amides is 1. The van der Waals surface area contributed by atoms with Crippen LogP contribution in [-0.4, -0.2) is 15.7 Å². The first kappa shape index (κ1) is 16.0. The maximum absolute atomic E-state index is 12.5. The summed E-state index contributed by atoms with van der Waals surface area (Å²) in [7, 11) is 1.75. The molecule has 0 saturated heterocycles. The molecule has 0 aliphatic rings. The van der Waals surface area contributed by atoms with Gasteiger partial charge in [-0.15, -0.1) is 0 Å². The van der Waals surface area contributed by atoms with Gasteiger partial charge in [-0.3, -0.25) is 9.48 Å². The van der Waals surface area contributed by atoms with Crippen LogP contribution in [0, 0.1) is 6.92 Å². The van der Waals surface area contributed by atoms with Crippen molar-refractivity contribution in [2.24, 2.45) is 7.05 Å². The highest BCUT2D eigenvalue weighted by atomic mass is 16.4. The van der Waals surface area contributed by atoms with Crippen molar-refractivity contribution in [2.75, 3.05) is 5.32 Å². The lowest BCUT2D eigenvalue weighted by atomic mass is 10.1. The van der Waals surface area contributed by atoms with Crippen LogP contribution in [0.4, 0.5) is 5.69 Å². The molecule has 0 bridgehead atoms. The molecular formula is C18H19N3O3. The Morgan fingerprint density at radius 2 is 2.08 bits per heavy atom. The van der Waals surface area contributed by atoms with Gasteiger partial charge in [0.1, 0.15) is 11.3 Å². The average molecular weight is 325 g/mol. The Kier molecular flexibility index (Phi) is 4.20. The quantitative estimate of drug-likeness (QED) is 0.748. The summed E-state index contributed by atoms with van der Waals surface area (Å²) in [6.07, 6.45) is 1.81. The molecule has 3 rings (SSSR count). The SMILES string of the molecule is CCCc1cc(C(=O)Nc2ccc3c(C)cc(=O)oc3c2)n(C)n1. The maximum Gasteiger partial charge on any atom is 0.336 e. The minimum atomic E-state index is -0.403. The predicted octanol–water partition coefficient (Wildman–Crippen LogP) is 3.04. The maximum atomic E-state index is 12.5. The van der Waals surface area contributed by atoms with Crippen molar-refractivity contribution < 1.29 is 9.21 Å². The van der Waals surface area contributed by atoms with E-state index in [1.165, 1.54) is 6.07 Å². The van der Waals surface area contributed by atoms with E-state index in [4.69, 9.17) is 4.42 Å². The van der Waals surface area contributed by atoms with Gasteiger partial charge in [0.2, 0.25) is 0 Å². The minimum absolute atomic E-state index is 0.248. The molecule has 0 saturated carbocycles. The third-order valence-electron chi connectivity index (χ3n) is 3.88. The second kappa shape index (κ2) is 6.31. The van der Waals surface area contributed by atoms with Crippen molar-refractivity contribution in [1.82, 2.24) is 9.78 Å². The number of anilines is 1. The number of nitrogens with zero attached hydrogens (tertiary/aromatic N) is 2. The van der Waals surface area contributed by atoms with E-state index in [-0.39, 0.29) is 5.91 Å². The van der Waals surface area contributed by atoms with Gasteiger partial charge in [-0.1, -0.05) is 13.3 Å². The van der Waals surface area contributed by atoms with Gasteiger partial charge < -0.3 is 9.73 Å². The first-order valence-corrected chi connectivity index (χ1v) is 7.86. The number of hydrogen-bond acceptors (Lipinski definition) is 4. The molecule has 0 fully saturated rings. The summed E-state index contributed by atoms with van der Waals surface area (Å²) in [5.74, 6) is -0.248. The fourth-order valence-corrected chi connectivity index (χ4v) is 2.72. The zero-order chi connectivity index (χ0) is 17.3. The van der Waals surface area contributed by atoms with Crippen molar-refractivity contribution in [3.63, 3.8) is 0 Å². The lowest BCUT2D eigenvalue weighted by Gasteiger charge is -2.07. The zero-order valence-electron chi connectivity index (χ0n) is 13.9. The van der Waals surface area contributed by atoms with Gasteiger partial charge in [0.05, 0.1) is 5.69 Å². The Hall–Kier alpha value is -2.89. The van der Waals surface area contributed by atoms with Crippen LogP contribution in [0.15, 0.2) is 39.5 Å². The number of carbonyl (C=O) groups excluding carboxylic acids is 1. The van der Waals surface area contributed by atoms with Crippen LogP contribution in [0.2, 0.25) is 0 Å². The summed E-state index contributed by atoms with van der Waals surface area (Å²) < 4.78 is 6.78. The van der Waals surface area contributed by atoms with E-state index in [1.54, 1.807) is 29.9 Å². The second-order valence-electron chi connectivity index (χ2n) is 5.81. The van der Waals surface area contributed by atoms with Crippen molar-refractivity contribution in [3.05, 3.63) is 57.7 Å². The summed E-state index contributed by atoms with van der Waals surface area (Å²) in [5.41, 5.74) is 2.85. The molecule has 124 valence electrons. The summed E-state index contributed by atoms with van der Waals surface area (Å²) in [5, 5.41) is 8.00. The van der Waals surface area contributed by atoms with Gasteiger partial charge in [0, 0.05) is 30.3 Å². The van der Waals surface area contributed by atoms with Gasteiger partial charge in [-0.2, -0.15) is 5.10 Å². The largest absolute Gasteiger partial charge is 0.423 e. The summed E-state index contributed by atoms with van der Waals surface area (Å²) in [6, 6.07) is 8.52. The molecule has 2 heterocycles. The van der Waals surface area contributed by atoms with Gasteiger partial charge in [0.15, 0.2) is 0 Å². The fourth-order valence-electron chi connectivity index (χ4n) is 2.72. The fraction of sp³-hybridized carbons (Fsp3) is 0.278. The monoisotopic (exact) mass is 325 g/mol. The second-order valence-corrected chi connectivity index (χ2v) is 5.81. The third-order valence-corrected chi connectivity index (χ3v) is 3.88. The van der Waals surface area contributed by atoms with Gasteiger partial charge in [-0.05, 0) is 37.1 Å². The van der Waals surface area contributed by atoms with E-state index in [9.17, 15) is 9.59 Å². The third kappa shape index (κ3) is 3.08. The molecule has 2 aromatic heterocycles. The van der Waals surface area contributed by atoms with Crippen LogP contribution >= 0.6 is 0 Å². The Balaban J connectivity index is 1.89. The molecule has 6 nitrogen and oxygen atoms in total. The Morgan fingerprint density at radius 3 is 2.83 bits per heavy atom. The topological polar surface area (TPSA) is 77.1 Å². The van der Waals surface area contributed by atoms with E-state index in [0.29, 0.717) is 17.0 Å². The molecule has 0 radical (unpaired) electrons. The molecule has 1 amide bonds. The molecule has 0 aliphatic carbocycles. The molecular weight excluding hydrogens is 306 g/mol. The van der Waals surface area contributed by atoms with Gasteiger partial charge in [-0.25, -0.2) is 4.79 Å². The van der Waals surface area contributed by atoms with Crippen LogP contribution in [0.3, 0.4) is 0 Å². The van der Waals surface area contributed by atoms with Crippen molar-refractivity contribution in [3.8, 4) is 0 Å². The van der Waals surface area contributed by atoms with Gasteiger partial charge in [0.25, 0.3) is 5.91 Å². The van der Waals surface area contributed by atoms with Crippen LogP contribution in [0.1, 0.15) is 35.1 Å². The van der Waals surface area contributed by atoms with Crippen LogP contribution in [0.5, 0.6) is 0 Å². The van der Waals surface area contributed by atoms with E-state index in [1.807, 2.05) is 13.0 Å². The van der Waals surface area contributed by atoms with E-state index >= 15 is 0 Å². The lowest BCUT2D eigenvalue weighted by molar-refractivity contribution is 0.101. The molecule has 3 aromatic rings. The number of nitrogens with one attached hydrogen (secondary N) is 1. The van der Waals surface area contributed by atoms with E-state index in [0.717, 1.165) is 29.5 Å². The molecule has 6 heteroatoms. The Morgan fingerprint density at radius 1 is 1.29 bits per heavy atom. The highest BCUT2D eigenvalue weighted by molar-refractivity contribution is 6.04. The number of fused-ring (bicyclic) bond motifs is 1. The van der Waals surface area contributed by atoms with Crippen LogP contribution < -0.4 is 10.9 Å².